The van der Waals surface area contributed by atoms with Crippen LogP contribution in [0, 0.1) is 13.8 Å². The Hall–Kier alpha value is -1.02. The molecule has 2 N–H and O–H groups in total. The quantitative estimate of drug-likeness (QED) is 0.860. The minimum absolute atomic E-state index is 0.0292. The first-order valence-electron chi connectivity index (χ1n) is 6.24. The highest BCUT2D eigenvalue weighted by atomic mass is 35.5. The van der Waals surface area contributed by atoms with Crippen LogP contribution < -0.4 is 5.73 Å². The van der Waals surface area contributed by atoms with Crippen LogP contribution in [0.5, 0.6) is 0 Å². The number of hydrogen-bond acceptors (Lipinski definition) is 1. The van der Waals surface area contributed by atoms with Crippen molar-refractivity contribution in [2.75, 3.05) is 0 Å². The lowest BCUT2D eigenvalue weighted by Crippen LogP contribution is -2.16. The van der Waals surface area contributed by atoms with E-state index in [0.29, 0.717) is 10.0 Å². The Kier molecular flexibility index (Phi) is 4.51. The summed E-state index contributed by atoms with van der Waals surface area (Å²) in [5.41, 5.74) is 11.1. The van der Waals surface area contributed by atoms with Crippen molar-refractivity contribution in [1.29, 1.82) is 0 Å². The molecular formula is C16H17Cl2N. The number of hydrogen-bond donors (Lipinski definition) is 1. The van der Waals surface area contributed by atoms with E-state index in [0.717, 1.165) is 12.0 Å². The van der Waals surface area contributed by atoms with Gasteiger partial charge in [-0.3, -0.25) is 0 Å². The van der Waals surface area contributed by atoms with Crippen LogP contribution in [0.15, 0.2) is 36.4 Å². The van der Waals surface area contributed by atoms with Gasteiger partial charge in [0.05, 0.1) is 10.0 Å². The van der Waals surface area contributed by atoms with Crippen molar-refractivity contribution in [3.05, 3.63) is 68.7 Å². The van der Waals surface area contributed by atoms with Crippen molar-refractivity contribution in [2.24, 2.45) is 5.73 Å². The Labute approximate surface area is 124 Å². The van der Waals surface area contributed by atoms with Gasteiger partial charge >= 0.3 is 0 Å². The molecule has 2 aromatic carbocycles. The topological polar surface area (TPSA) is 26.0 Å². The molecule has 2 rings (SSSR count). The summed E-state index contributed by atoms with van der Waals surface area (Å²) in [6, 6.07) is 11.9. The lowest BCUT2D eigenvalue weighted by molar-refractivity contribution is 0.711. The summed E-state index contributed by atoms with van der Waals surface area (Å²) in [4.78, 5) is 0. The van der Waals surface area contributed by atoms with Gasteiger partial charge in [-0.2, -0.15) is 0 Å². The summed E-state index contributed by atoms with van der Waals surface area (Å²) in [5, 5.41) is 1.15. The standard InChI is InChI=1S/C16H17Cl2N/c1-10-4-3-5-11(2)16(10)15(19)9-12-6-7-13(17)14(18)8-12/h3-8,15H,9,19H2,1-2H3. The first kappa shape index (κ1) is 14.4. The zero-order chi connectivity index (χ0) is 14.0. The second-order valence-electron chi connectivity index (χ2n) is 4.86. The molecule has 0 saturated carbocycles. The Morgan fingerprint density at radius 3 is 2.21 bits per heavy atom. The predicted octanol–water partition coefficient (Wildman–Crippen LogP) is 4.85. The van der Waals surface area contributed by atoms with Crippen LogP contribution in [-0.2, 0) is 6.42 Å². The lowest BCUT2D eigenvalue weighted by Gasteiger charge is -2.18. The van der Waals surface area contributed by atoms with Crippen LogP contribution in [0.3, 0.4) is 0 Å². The minimum atomic E-state index is -0.0292. The molecule has 0 amide bonds. The van der Waals surface area contributed by atoms with Crippen LogP contribution in [0.4, 0.5) is 0 Å². The fourth-order valence-corrected chi connectivity index (χ4v) is 2.76. The highest BCUT2D eigenvalue weighted by molar-refractivity contribution is 6.42. The first-order valence-corrected chi connectivity index (χ1v) is 7.00. The van der Waals surface area contributed by atoms with E-state index in [1.54, 1.807) is 0 Å². The number of rotatable bonds is 3. The fourth-order valence-electron chi connectivity index (χ4n) is 2.43. The van der Waals surface area contributed by atoms with Crippen LogP contribution in [0.1, 0.15) is 28.3 Å². The van der Waals surface area contributed by atoms with Crippen LogP contribution in [0.2, 0.25) is 10.0 Å². The van der Waals surface area contributed by atoms with E-state index in [1.165, 1.54) is 16.7 Å². The maximum atomic E-state index is 6.34. The van der Waals surface area contributed by atoms with E-state index in [2.05, 4.69) is 32.0 Å². The zero-order valence-electron chi connectivity index (χ0n) is 11.1. The molecule has 0 aromatic heterocycles. The SMILES string of the molecule is Cc1cccc(C)c1C(N)Cc1ccc(Cl)c(Cl)c1. The van der Waals surface area contributed by atoms with Gasteiger partial charge in [-0.15, -0.1) is 0 Å². The van der Waals surface area contributed by atoms with Crippen molar-refractivity contribution in [3.63, 3.8) is 0 Å². The van der Waals surface area contributed by atoms with E-state index in [4.69, 9.17) is 28.9 Å². The monoisotopic (exact) mass is 293 g/mol. The highest BCUT2D eigenvalue weighted by Gasteiger charge is 2.13. The number of aryl methyl sites for hydroxylation is 2. The molecule has 2 aromatic rings. The van der Waals surface area contributed by atoms with E-state index in [1.807, 2.05) is 18.2 Å². The molecule has 0 spiro atoms. The van der Waals surface area contributed by atoms with E-state index >= 15 is 0 Å². The van der Waals surface area contributed by atoms with Crippen LogP contribution >= 0.6 is 23.2 Å². The Morgan fingerprint density at radius 1 is 1.00 bits per heavy atom. The largest absolute Gasteiger partial charge is 0.324 e. The predicted molar refractivity (Wildman–Crippen MR) is 83.0 cm³/mol. The molecule has 0 bridgehead atoms. The fraction of sp³-hybridized carbons (Fsp3) is 0.250. The first-order chi connectivity index (χ1) is 8.99. The molecule has 100 valence electrons. The van der Waals surface area contributed by atoms with Crippen molar-refractivity contribution in [1.82, 2.24) is 0 Å². The third-order valence-electron chi connectivity index (χ3n) is 3.35. The molecule has 0 aliphatic carbocycles. The third kappa shape index (κ3) is 3.30. The van der Waals surface area contributed by atoms with Gasteiger partial charge in [-0.1, -0.05) is 47.5 Å². The molecule has 3 heteroatoms. The highest BCUT2D eigenvalue weighted by Crippen LogP contribution is 2.27. The van der Waals surface area contributed by atoms with E-state index in [-0.39, 0.29) is 6.04 Å². The average molecular weight is 294 g/mol. The van der Waals surface area contributed by atoms with Gasteiger partial charge in [0.2, 0.25) is 0 Å². The van der Waals surface area contributed by atoms with E-state index < -0.39 is 0 Å². The van der Waals surface area contributed by atoms with Crippen molar-refractivity contribution < 1.29 is 0 Å². The summed E-state index contributed by atoms with van der Waals surface area (Å²) in [6.45, 7) is 4.19. The third-order valence-corrected chi connectivity index (χ3v) is 4.09. The molecular weight excluding hydrogens is 277 g/mol. The van der Waals surface area contributed by atoms with Gasteiger partial charge < -0.3 is 5.73 Å². The number of halogens is 2. The van der Waals surface area contributed by atoms with Gasteiger partial charge in [0.25, 0.3) is 0 Å². The molecule has 0 aliphatic heterocycles. The van der Waals surface area contributed by atoms with Gasteiger partial charge in [0.15, 0.2) is 0 Å². The lowest BCUT2D eigenvalue weighted by atomic mass is 9.92. The maximum Gasteiger partial charge on any atom is 0.0595 e. The smallest absolute Gasteiger partial charge is 0.0595 e. The Bertz CT molecular complexity index is 573. The number of nitrogens with two attached hydrogens (primary N) is 1. The molecule has 1 nitrogen and oxygen atoms in total. The summed E-state index contributed by atoms with van der Waals surface area (Å²) in [6.07, 6.45) is 0.753. The molecule has 1 atom stereocenters. The van der Waals surface area contributed by atoms with Gasteiger partial charge in [0.1, 0.15) is 0 Å². The summed E-state index contributed by atoms with van der Waals surface area (Å²) < 4.78 is 0. The van der Waals surface area contributed by atoms with Gasteiger partial charge in [0, 0.05) is 6.04 Å². The normalized spacial score (nSPS) is 12.5. The van der Waals surface area contributed by atoms with Crippen LogP contribution in [0.25, 0.3) is 0 Å². The van der Waals surface area contributed by atoms with Crippen LogP contribution in [-0.4, -0.2) is 0 Å². The molecule has 0 saturated heterocycles. The zero-order valence-corrected chi connectivity index (χ0v) is 12.6. The molecule has 0 aliphatic rings. The van der Waals surface area contributed by atoms with Crippen molar-refractivity contribution >= 4 is 23.2 Å². The summed E-state index contributed by atoms with van der Waals surface area (Å²) >= 11 is 12.0. The average Bonchev–Trinajstić information content (AvgIpc) is 2.33. The van der Waals surface area contributed by atoms with Gasteiger partial charge in [-0.25, -0.2) is 0 Å². The Morgan fingerprint density at radius 2 is 1.63 bits per heavy atom. The van der Waals surface area contributed by atoms with Crippen molar-refractivity contribution in [3.8, 4) is 0 Å². The molecule has 19 heavy (non-hydrogen) atoms. The second kappa shape index (κ2) is 5.96. The molecule has 0 heterocycles. The van der Waals surface area contributed by atoms with E-state index in [9.17, 15) is 0 Å². The molecule has 1 unspecified atom stereocenters. The van der Waals surface area contributed by atoms with Gasteiger partial charge in [-0.05, 0) is 54.7 Å². The maximum absolute atomic E-state index is 6.34. The second-order valence-corrected chi connectivity index (χ2v) is 5.68. The molecule has 0 radical (unpaired) electrons. The number of benzene rings is 2. The molecule has 0 fully saturated rings. The summed E-state index contributed by atoms with van der Waals surface area (Å²) in [5.74, 6) is 0. The minimum Gasteiger partial charge on any atom is -0.324 e. The Balaban J connectivity index is 2.25. The van der Waals surface area contributed by atoms with Crippen molar-refractivity contribution in [2.45, 2.75) is 26.3 Å². The summed E-state index contributed by atoms with van der Waals surface area (Å²) in [7, 11) is 0.